The molecule has 4 aliphatic carbocycles. The van der Waals surface area contributed by atoms with E-state index in [2.05, 4.69) is 20.8 Å². The summed E-state index contributed by atoms with van der Waals surface area (Å²) < 4.78 is 14.0. The van der Waals surface area contributed by atoms with Crippen molar-refractivity contribution >= 4 is 5.97 Å². The van der Waals surface area contributed by atoms with Crippen molar-refractivity contribution < 1.29 is 29.6 Å². The summed E-state index contributed by atoms with van der Waals surface area (Å²) in [6.45, 7) is 8.52. The van der Waals surface area contributed by atoms with Crippen LogP contribution in [-0.4, -0.2) is 50.9 Å². The van der Waals surface area contributed by atoms with E-state index < -0.39 is 29.8 Å². The molecule has 0 aromatic carbocycles. The Morgan fingerprint density at radius 2 is 1.75 bits per heavy atom. The molecule has 0 saturated heterocycles. The van der Waals surface area contributed by atoms with Crippen molar-refractivity contribution in [2.24, 2.45) is 52.3 Å². The molecule has 1 unspecified atom stereocenters. The van der Waals surface area contributed by atoms with Gasteiger partial charge >= 0.3 is 5.97 Å². The molecule has 13 atom stereocenters. The highest BCUT2D eigenvalue weighted by Gasteiger charge is 2.67. The molecule has 184 valence electrons. The molecule has 0 spiro atoms. The second kappa shape index (κ2) is 8.49. The summed E-state index contributed by atoms with van der Waals surface area (Å²) in [5.74, 6) is -0.619. The highest BCUT2D eigenvalue weighted by atomic mass is 19.1. The van der Waals surface area contributed by atoms with Gasteiger partial charge in [0.15, 0.2) is 6.17 Å². The van der Waals surface area contributed by atoms with E-state index in [9.17, 15) is 24.5 Å². The van der Waals surface area contributed by atoms with Crippen molar-refractivity contribution in [3.8, 4) is 0 Å². The lowest BCUT2D eigenvalue weighted by Crippen LogP contribution is -2.65. The Balaban J connectivity index is 1.66. The summed E-state index contributed by atoms with van der Waals surface area (Å²) in [7, 11) is 0. The van der Waals surface area contributed by atoms with Crippen molar-refractivity contribution in [1.82, 2.24) is 0 Å². The lowest BCUT2D eigenvalue weighted by molar-refractivity contribution is -0.228. The van der Waals surface area contributed by atoms with Crippen LogP contribution in [0.1, 0.15) is 79.1 Å². The third-order valence-electron chi connectivity index (χ3n) is 11.1. The van der Waals surface area contributed by atoms with E-state index in [1.807, 2.05) is 6.92 Å². The number of fused-ring (bicyclic) bond motifs is 5. The zero-order valence-electron chi connectivity index (χ0n) is 20.1. The summed E-state index contributed by atoms with van der Waals surface area (Å²) in [6.07, 6.45) is 2.51. The van der Waals surface area contributed by atoms with Crippen molar-refractivity contribution in [3.05, 3.63) is 0 Å². The Labute approximate surface area is 191 Å². The van der Waals surface area contributed by atoms with Crippen LogP contribution >= 0.6 is 0 Å². The zero-order chi connectivity index (χ0) is 23.6. The molecule has 0 radical (unpaired) electrons. The molecular formula is C26H43FO5. The smallest absolute Gasteiger partial charge is 0.338 e. The number of carbonyl (C=O) groups is 1. The van der Waals surface area contributed by atoms with Crippen molar-refractivity contribution in [1.29, 1.82) is 0 Å². The molecular weight excluding hydrogens is 411 g/mol. The number of hydrogen-bond donors (Lipinski definition) is 4. The van der Waals surface area contributed by atoms with Gasteiger partial charge in [0.25, 0.3) is 0 Å². The SMILES string of the molecule is CC[C@H]1[C@@H](O)[C@@H]2[C@H](C[C@H](O)[C@]3(C)[C@@H]([C@H](C)CC(F)C(=O)O)CC[C@@H]23)[C@@]2(C)CC[C@@H](O)C[C@@H]12. The Kier molecular flexibility index (Phi) is 6.48. The van der Waals surface area contributed by atoms with E-state index in [0.717, 1.165) is 38.5 Å². The van der Waals surface area contributed by atoms with E-state index in [0.29, 0.717) is 6.42 Å². The first-order valence-corrected chi connectivity index (χ1v) is 12.9. The van der Waals surface area contributed by atoms with Gasteiger partial charge in [-0.05, 0) is 97.2 Å². The van der Waals surface area contributed by atoms with Gasteiger partial charge in [0.05, 0.1) is 18.3 Å². The quantitative estimate of drug-likeness (QED) is 0.503. The van der Waals surface area contributed by atoms with Crippen LogP contribution in [0.3, 0.4) is 0 Å². The predicted molar refractivity (Wildman–Crippen MR) is 119 cm³/mol. The van der Waals surface area contributed by atoms with Crippen LogP contribution in [0.15, 0.2) is 0 Å². The number of aliphatic carboxylic acids is 1. The minimum Gasteiger partial charge on any atom is -0.479 e. The molecule has 6 heteroatoms. The van der Waals surface area contributed by atoms with E-state index in [1.165, 1.54) is 0 Å². The average Bonchev–Trinajstić information content (AvgIpc) is 3.09. The van der Waals surface area contributed by atoms with Crippen LogP contribution in [0.4, 0.5) is 4.39 Å². The first-order valence-electron chi connectivity index (χ1n) is 12.9. The van der Waals surface area contributed by atoms with Crippen LogP contribution < -0.4 is 0 Å². The summed E-state index contributed by atoms with van der Waals surface area (Å²) in [4.78, 5) is 11.1. The van der Waals surface area contributed by atoms with Gasteiger partial charge in [-0.15, -0.1) is 0 Å². The molecule has 4 saturated carbocycles. The predicted octanol–water partition coefficient (Wildman–Crippen LogP) is 4.03. The molecule has 4 N–H and O–H groups in total. The Bertz CT molecular complexity index is 716. The molecule has 4 aliphatic rings. The van der Waals surface area contributed by atoms with Crippen LogP contribution in [0.25, 0.3) is 0 Å². The lowest BCUT2D eigenvalue weighted by Gasteiger charge is -2.65. The maximum absolute atomic E-state index is 14.0. The van der Waals surface area contributed by atoms with Gasteiger partial charge in [-0.1, -0.05) is 34.1 Å². The summed E-state index contributed by atoms with van der Waals surface area (Å²) >= 11 is 0. The molecule has 0 aromatic rings. The van der Waals surface area contributed by atoms with Crippen molar-refractivity contribution in [2.75, 3.05) is 0 Å². The van der Waals surface area contributed by atoms with Gasteiger partial charge in [0.1, 0.15) is 0 Å². The second-order valence-corrected chi connectivity index (χ2v) is 12.2. The fourth-order valence-electron chi connectivity index (χ4n) is 9.48. The largest absolute Gasteiger partial charge is 0.479 e. The van der Waals surface area contributed by atoms with Gasteiger partial charge < -0.3 is 20.4 Å². The number of rotatable bonds is 5. The number of aliphatic hydroxyl groups is 3. The number of halogens is 1. The fraction of sp³-hybridized carbons (Fsp3) is 0.962. The second-order valence-electron chi connectivity index (χ2n) is 12.2. The number of carboxylic acid groups (broad SMARTS) is 1. The lowest BCUT2D eigenvalue weighted by atomic mass is 9.41. The summed E-state index contributed by atoms with van der Waals surface area (Å²) in [5, 5.41) is 42.7. The highest BCUT2D eigenvalue weighted by molar-refractivity contribution is 5.72. The fourth-order valence-corrected chi connectivity index (χ4v) is 9.48. The van der Waals surface area contributed by atoms with E-state index >= 15 is 0 Å². The topological polar surface area (TPSA) is 98.0 Å². The molecule has 0 amide bonds. The molecule has 5 nitrogen and oxygen atoms in total. The van der Waals surface area contributed by atoms with Crippen molar-refractivity contribution in [3.63, 3.8) is 0 Å². The molecule has 4 rings (SSSR count). The Morgan fingerprint density at radius 1 is 1.06 bits per heavy atom. The minimum absolute atomic E-state index is 0.00313. The first-order chi connectivity index (χ1) is 15.0. The number of aliphatic hydroxyl groups excluding tert-OH is 3. The summed E-state index contributed by atoms with van der Waals surface area (Å²) in [6, 6.07) is 0. The molecule has 0 bridgehead atoms. The normalized spacial score (nSPS) is 52.4. The van der Waals surface area contributed by atoms with Crippen molar-refractivity contribution in [2.45, 2.75) is 104 Å². The van der Waals surface area contributed by atoms with Crippen LogP contribution in [0.2, 0.25) is 0 Å². The molecule has 4 fully saturated rings. The molecule has 32 heavy (non-hydrogen) atoms. The molecule has 0 heterocycles. The maximum Gasteiger partial charge on any atom is 0.338 e. The van der Waals surface area contributed by atoms with Gasteiger partial charge in [0.2, 0.25) is 0 Å². The van der Waals surface area contributed by atoms with Gasteiger partial charge in [0, 0.05) is 0 Å². The number of carboxylic acids is 1. The molecule has 0 aliphatic heterocycles. The minimum atomic E-state index is -1.88. The van der Waals surface area contributed by atoms with Gasteiger partial charge in [-0.2, -0.15) is 0 Å². The monoisotopic (exact) mass is 454 g/mol. The molecule has 0 aromatic heterocycles. The van der Waals surface area contributed by atoms with Gasteiger partial charge in [-0.25, -0.2) is 9.18 Å². The maximum atomic E-state index is 14.0. The van der Waals surface area contributed by atoms with Crippen LogP contribution in [-0.2, 0) is 4.79 Å². The Hall–Kier alpha value is -0.720. The number of alkyl halides is 1. The van der Waals surface area contributed by atoms with E-state index in [1.54, 1.807) is 0 Å². The zero-order valence-corrected chi connectivity index (χ0v) is 20.1. The van der Waals surface area contributed by atoms with E-state index in [4.69, 9.17) is 5.11 Å². The highest BCUT2D eigenvalue weighted by Crippen LogP contribution is 2.69. The third kappa shape index (κ3) is 3.46. The average molecular weight is 455 g/mol. The van der Waals surface area contributed by atoms with Gasteiger partial charge in [-0.3, -0.25) is 0 Å². The Morgan fingerprint density at radius 3 is 2.38 bits per heavy atom. The third-order valence-corrected chi connectivity index (χ3v) is 11.1. The van der Waals surface area contributed by atoms with E-state index in [-0.39, 0.29) is 59.4 Å². The first kappa shape index (κ1) is 24.4. The van der Waals surface area contributed by atoms with Crippen LogP contribution in [0.5, 0.6) is 0 Å². The van der Waals surface area contributed by atoms with Crippen LogP contribution in [0, 0.1) is 52.3 Å². The standard InChI is InChI=1S/C26H43FO5/c1-5-15-18-11-14(28)8-9-25(18,3)19-12-21(29)26(4)16(13(2)10-20(27)24(31)32)6-7-17(26)22(19)23(15)30/h13-23,28-30H,5-12H2,1-4H3,(H,31,32)/t13-,14-,15-,16-,17+,18+,19+,20?,21+,22+,23-,25+,26-/m1/s1. The number of hydrogen-bond acceptors (Lipinski definition) is 4. The summed E-state index contributed by atoms with van der Waals surface area (Å²) in [5.41, 5.74) is -0.432.